The molecule has 2 aliphatic heterocycles. The second-order valence-electron chi connectivity index (χ2n) is 7.01. The van der Waals surface area contributed by atoms with Crippen molar-refractivity contribution in [1.29, 1.82) is 0 Å². The molecule has 0 radical (unpaired) electrons. The van der Waals surface area contributed by atoms with Gasteiger partial charge in [0.05, 0.1) is 28.2 Å². The molecule has 2 aliphatic rings. The van der Waals surface area contributed by atoms with Crippen LogP contribution in [0.2, 0.25) is 10.0 Å². The predicted molar refractivity (Wildman–Crippen MR) is 132 cm³/mol. The summed E-state index contributed by atoms with van der Waals surface area (Å²) in [5.74, 6) is -0.00327. The zero-order valence-corrected chi connectivity index (χ0v) is 20.1. The lowest BCUT2D eigenvalue weighted by Crippen LogP contribution is -2.38. The summed E-state index contributed by atoms with van der Waals surface area (Å²) in [5, 5.41) is 3.11. The highest BCUT2D eigenvalue weighted by molar-refractivity contribution is 8.26. The fourth-order valence-electron chi connectivity index (χ4n) is 3.35. The molecule has 0 atom stereocenters. The number of thiophene rings is 1. The van der Waals surface area contributed by atoms with Gasteiger partial charge in [-0.05, 0) is 47.2 Å². The lowest BCUT2D eigenvalue weighted by Gasteiger charge is -2.27. The molecule has 0 N–H and O–H groups in total. The first-order chi connectivity index (χ1) is 14.5. The summed E-state index contributed by atoms with van der Waals surface area (Å²) in [6, 6.07) is 7.63. The van der Waals surface area contributed by atoms with Crippen molar-refractivity contribution >= 4 is 74.8 Å². The maximum absolute atomic E-state index is 12.8. The summed E-state index contributed by atoms with van der Waals surface area (Å²) in [5.41, 5.74) is 2.04. The Morgan fingerprint density at radius 2 is 1.90 bits per heavy atom. The van der Waals surface area contributed by atoms with E-state index in [1.165, 1.54) is 11.8 Å². The number of amides is 1. The van der Waals surface area contributed by atoms with Crippen LogP contribution in [-0.4, -0.2) is 59.4 Å². The van der Waals surface area contributed by atoms with Crippen LogP contribution in [0.5, 0.6) is 0 Å². The molecule has 158 valence electrons. The van der Waals surface area contributed by atoms with E-state index in [9.17, 15) is 4.79 Å². The van der Waals surface area contributed by atoms with E-state index in [4.69, 9.17) is 40.2 Å². The van der Waals surface area contributed by atoms with E-state index >= 15 is 0 Å². The molecule has 1 amide bonds. The van der Waals surface area contributed by atoms with E-state index in [0.29, 0.717) is 25.8 Å². The van der Waals surface area contributed by atoms with E-state index in [1.807, 2.05) is 18.2 Å². The number of rotatable bonds is 6. The molecular weight excluding hydrogens is 479 g/mol. The van der Waals surface area contributed by atoms with E-state index in [2.05, 4.69) is 16.3 Å². The third kappa shape index (κ3) is 5.27. The highest BCUT2D eigenvalue weighted by Crippen LogP contribution is 2.36. The second-order valence-corrected chi connectivity index (χ2v) is 10.4. The number of hydrogen-bond donors (Lipinski definition) is 0. The Morgan fingerprint density at radius 3 is 2.67 bits per heavy atom. The van der Waals surface area contributed by atoms with Crippen molar-refractivity contribution < 1.29 is 9.53 Å². The number of nitrogens with zero attached hydrogens (tertiary/aromatic N) is 2. The monoisotopic (exact) mass is 498 g/mol. The summed E-state index contributed by atoms with van der Waals surface area (Å²) in [6.07, 6.45) is 2.83. The molecule has 4 rings (SSSR count). The zero-order valence-electron chi connectivity index (χ0n) is 16.1. The van der Waals surface area contributed by atoms with Crippen LogP contribution < -0.4 is 0 Å². The van der Waals surface area contributed by atoms with Gasteiger partial charge in [0.15, 0.2) is 0 Å². The number of carbonyl (C=O) groups excluding carboxylic acids is 1. The summed E-state index contributed by atoms with van der Waals surface area (Å²) >= 11 is 20.6. The first kappa shape index (κ1) is 22.3. The molecule has 2 fully saturated rings. The number of halogens is 2. The molecule has 4 nitrogen and oxygen atoms in total. The van der Waals surface area contributed by atoms with Crippen molar-refractivity contribution in [2.24, 2.45) is 0 Å². The minimum absolute atomic E-state index is 0.00327. The molecular formula is C21H20Cl2N2O2S3. The second kappa shape index (κ2) is 10.1. The highest BCUT2D eigenvalue weighted by Gasteiger charge is 2.31. The van der Waals surface area contributed by atoms with Crippen molar-refractivity contribution in [3.63, 3.8) is 0 Å². The highest BCUT2D eigenvalue weighted by atomic mass is 35.5. The topological polar surface area (TPSA) is 32.8 Å². The van der Waals surface area contributed by atoms with E-state index < -0.39 is 0 Å². The van der Waals surface area contributed by atoms with Crippen LogP contribution in [0.15, 0.2) is 34.6 Å². The molecule has 9 heteroatoms. The van der Waals surface area contributed by atoms with Gasteiger partial charge >= 0.3 is 0 Å². The Hall–Kier alpha value is -0.930. The van der Waals surface area contributed by atoms with Gasteiger partial charge in [-0.2, -0.15) is 0 Å². The van der Waals surface area contributed by atoms with Crippen LogP contribution in [0.4, 0.5) is 0 Å². The molecule has 30 heavy (non-hydrogen) atoms. The van der Waals surface area contributed by atoms with Gasteiger partial charge in [0.2, 0.25) is 0 Å². The minimum Gasteiger partial charge on any atom is -0.379 e. The lowest BCUT2D eigenvalue weighted by molar-refractivity contribution is -0.122. The number of benzene rings is 1. The first-order valence-electron chi connectivity index (χ1n) is 9.61. The van der Waals surface area contributed by atoms with E-state index in [1.54, 1.807) is 22.3 Å². The fraction of sp³-hybridized carbons (Fsp3) is 0.333. The van der Waals surface area contributed by atoms with E-state index in [-0.39, 0.29) is 5.91 Å². The third-order valence-corrected chi connectivity index (χ3v) is 7.98. The van der Waals surface area contributed by atoms with E-state index in [0.717, 1.165) is 55.3 Å². The Bertz CT molecular complexity index is 986. The molecule has 2 saturated heterocycles. The van der Waals surface area contributed by atoms with Crippen molar-refractivity contribution in [3.8, 4) is 11.1 Å². The summed E-state index contributed by atoms with van der Waals surface area (Å²) in [7, 11) is 0. The Kier molecular flexibility index (Phi) is 7.52. The Morgan fingerprint density at radius 1 is 1.10 bits per heavy atom. The number of carbonyl (C=O) groups is 1. The molecule has 1 aromatic carbocycles. The van der Waals surface area contributed by atoms with Gasteiger partial charge in [-0.3, -0.25) is 14.6 Å². The Balaban J connectivity index is 1.39. The summed E-state index contributed by atoms with van der Waals surface area (Å²) < 4.78 is 6.01. The van der Waals surface area contributed by atoms with Crippen molar-refractivity contribution in [2.45, 2.75) is 6.42 Å². The smallest absolute Gasteiger partial charge is 0.266 e. The van der Waals surface area contributed by atoms with Gasteiger partial charge < -0.3 is 4.74 Å². The van der Waals surface area contributed by atoms with Gasteiger partial charge in [-0.15, -0.1) is 11.3 Å². The average Bonchev–Trinajstić information content (AvgIpc) is 3.31. The molecule has 0 bridgehead atoms. The van der Waals surface area contributed by atoms with Gasteiger partial charge in [-0.1, -0.05) is 53.2 Å². The standard InChI is InChI=1S/C21H20Cl2N2O2S3/c22-17-3-2-14(11-18(17)23)15-10-16(29-13-15)12-19-20(26)25(21(28)30-19)5-1-4-24-6-8-27-9-7-24/h2-3,10-13H,1,4-9H2. The van der Waals surface area contributed by atoms with Crippen molar-refractivity contribution in [1.82, 2.24) is 9.80 Å². The lowest BCUT2D eigenvalue weighted by atomic mass is 10.1. The molecule has 0 saturated carbocycles. The molecule has 3 heterocycles. The molecule has 0 unspecified atom stereocenters. The number of thiocarbonyl (C=S) groups is 1. The summed E-state index contributed by atoms with van der Waals surface area (Å²) in [6.45, 7) is 5.09. The van der Waals surface area contributed by atoms with Crippen LogP contribution in [0.3, 0.4) is 0 Å². The summed E-state index contributed by atoms with van der Waals surface area (Å²) in [4.78, 5) is 18.6. The van der Waals surface area contributed by atoms with Gasteiger partial charge in [0, 0.05) is 31.1 Å². The number of ether oxygens (including phenoxy) is 1. The van der Waals surface area contributed by atoms with Gasteiger partial charge in [0.25, 0.3) is 5.91 Å². The zero-order chi connectivity index (χ0) is 21.1. The Labute approximate surface area is 199 Å². The normalized spacial score (nSPS) is 19.3. The van der Waals surface area contributed by atoms with Crippen LogP contribution in [0.25, 0.3) is 17.2 Å². The average molecular weight is 500 g/mol. The largest absolute Gasteiger partial charge is 0.379 e. The maximum atomic E-state index is 12.8. The number of hydrogen-bond acceptors (Lipinski definition) is 6. The quantitative estimate of drug-likeness (QED) is 0.379. The molecule has 0 aliphatic carbocycles. The first-order valence-corrected chi connectivity index (χ1v) is 12.5. The minimum atomic E-state index is -0.00327. The van der Waals surface area contributed by atoms with Crippen LogP contribution in [0.1, 0.15) is 11.3 Å². The van der Waals surface area contributed by atoms with Gasteiger partial charge in [-0.25, -0.2) is 0 Å². The van der Waals surface area contributed by atoms with Crippen molar-refractivity contribution in [3.05, 3.63) is 49.5 Å². The van der Waals surface area contributed by atoms with Crippen LogP contribution in [0, 0.1) is 0 Å². The maximum Gasteiger partial charge on any atom is 0.266 e. The van der Waals surface area contributed by atoms with Crippen LogP contribution in [-0.2, 0) is 9.53 Å². The molecule has 1 aromatic heterocycles. The number of thioether (sulfide) groups is 1. The molecule has 0 spiro atoms. The van der Waals surface area contributed by atoms with Gasteiger partial charge in [0.1, 0.15) is 4.32 Å². The fourth-order valence-corrected chi connectivity index (χ4v) is 5.87. The van der Waals surface area contributed by atoms with Crippen LogP contribution >= 0.6 is 58.5 Å². The number of morpholine rings is 1. The third-order valence-electron chi connectivity index (χ3n) is 4.98. The molecule has 2 aromatic rings. The SMILES string of the molecule is O=C1C(=Cc2cc(-c3ccc(Cl)c(Cl)c3)cs2)SC(=S)N1CCCN1CCOCC1. The van der Waals surface area contributed by atoms with Crippen molar-refractivity contribution in [2.75, 3.05) is 39.4 Å². The predicted octanol–water partition coefficient (Wildman–Crippen LogP) is 5.65.